The van der Waals surface area contributed by atoms with E-state index in [1.807, 2.05) is 56.3 Å². The van der Waals surface area contributed by atoms with Crippen LogP contribution in [0, 0.1) is 13.8 Å². The maximum atomic E-state index is 13.0. The number of nitrogens with zero attached hydrogens (tertiary/aromatic N) is 4. The van der Waals surface area contributed by atoms with Gasteiger partial charge in [0, 0.05) is 24.4 Å². The third-order valence-corrected chi connectivity index (χ3v) is 5.78. The number of aromatic nitrogens is 4. The Morgan fingerprint density at radius 1 is 1.00 bits per heavy atom. The van der Waals surface area contributed by atoms with Crippen LogP contribution in [-0.2, 0) is 17.8 Å². The Kier molecular flexibility index (Phi) is 6.70. The van der Waals surface area contributed by atoms with Gasteiger partial charge in [-0.25, -0.2) is 4.79 Å². The lowest BCUT2D eigenvalue weighted by Crippen LogP contribution is -2.10. The second-order valence-electron chi connectivity index (χ2n) is 8.28. The first-order valence-electron chi connectivity index (χ1n) is 11.6. The van der Waals surface area contributed by atoms with Crippen molar-refractivity contribution in [2.75, 3.05) is 6.61 Å². The van der Waals surface area contributed by atoms with Gasteiger partial charge < -0.3 is 18.5 Å². The lowest BCUT2D eigenvalue weighted by atomic mass is 10.1. The van der Waals surface area contributed by atoms with Gasteiger partial charge in [-0.15, -0.1) is 0 Å². The summed E-state index contributed by atoms with van der Waals surface area (Å²) in [7, 11) is 0. The molecule has 0 N–H and O–H groups in total. The molecular formula is C27H24N4O5. The van der Waals surface area contributed by atoms with Crippen LogP contribution in [0.3, 0.4) is 0 Å². The molecule has 0 aliphatic rings. The highest BCUT2D eigenvalue weighted by molar-refractivity contribution is 5.98. The number of pyridine rings is 1. The van der Waals surface area contributed by atoms with Crippen LogP contribution in [0.1, 0.15) is 39.7 Å². The van der Waals surface area contributed by atoms with Gasteiger partial charge in [0.1, 0.15) is 23.7 Å². The molecule has 9 nitrogen and oxygen atoms in total. The topological polar surface area (TPSA) is 113 Å². The molecule has 0 amide bonds. The maximum Gasteiger partial charge on any atom is 0.341 e. The van der Waals surface area contributed by atoms with Crippen molar-refractivity contribution in [1.29, 1.82) is 0 Å². The zero-order valence-corrected chi connectivity index (χ0v) is 19.9. The molecule has 0 bridgehead atoms. The summed E-state index contributed by atoms with van der Waals surface area (Å²) in [5.41, 5.74) is 2.74. The van der Waals surface area contributed by atoms with E-state index in [0.717, 1.165) is 27.6 Å². The van der Waals surface area contributed by atoms with E-state index >= 15 is 0 Å². The van der Waals surface area contributed by atoms with Gasteiger partial charge in [0.25, 0.3) is 0 Å². The molecule has 0 fully saturated rings. The molecule has 0 atom stereocenters. The van der Waals surface area contributed by atoms with Gasteiger partial charge in [-0.1, -0.05) is 34.6 Å². The van der Waals surface area contributed by atoms with Crippen molar-refractivity contribution in [2.24, 2.45) is 0 Å². The Labute approximate surface area is 207 Å². The molecule has 0 radical (unpaired) electrons. The molecular weight excluding hydrogens is 460 g/mol. The summed E-state index contributed by atoms with van der Waals surface area (Å²) in [6.07, 6.45) is 4.36. The summed E-state index contributed by atoms with van der Waals surface area (Å²) < 4.78 is 22.1. The molecule has 0 aliphatic carbocycles. The Morgan fingerprint density at radius 2 is 1.83 bits per heavy atom. The van der Waals surface area contributed by atoms with E-state index in [9.17, 15) is 4.79 Å². The number of carbonyl (C=O) groups excluding carboxylic acids is 1. The van der Waals surface area contributed by atoms with Crippen molar-refractivity contribution in [3.8, 4) is 17.1 Å². The van der Waals surface area contributed by atoms with Crippen LogP contribution in [0.15, 0.2) is 70.0 Å². The highest BCUT2D eigenvalue weighted by Gasteiger charge is 2.18. The zero-order chi connectivity index (χ0) is 24.9. The largest absolute Gasteiger partial charge is 0.488 e. The van der Waals surface area contributed by atoms with Crippen LogP contribution in [0.2, 0.25) is 0 Å². The van der Waals surface area contributed by atoms with Gasteiger partial charge >= 0.3 is 5.97 Å². The predicted octanol–water partition coefficient (Wildman–Crippen LogP) is 5.26. The van der Waals surface area contributed by atoms with Gasteiger partial charge in [0.2, 0.25) is 11.7 Å². The van der Waals surface area contributed by atoms with Crippen molar-refractivity contribution in [3.63, 3.8) is 0 Å². The van der Waals surface area contributed by atoms with Crippen LogP contribution in [0.25, 0.3) is 22.2 Å². The van der Waals surface area contributed by atoms with Crippen LogP contribution in [-0.4, -0.2) is 32.9 Å². The molecule has 36 heavy (non-hydrogen) atoms. The van der Waals surface area contributed by atoms with Gasteiger partial charge in [0.05, 0.1) is 17.9 Å². The third kappa shape index (κ3) is 5.10. The van der Waals surface area contributed by atoms with Crippen LogP contribution < -0.4 is 4.74 Å². The lowest BCUT2D eigenvalue weighted by molar-refractivity contribution is 0.0493. The molecule has 0 saturated heterocycles. The molecule has 0 spiro atoms. The first kappa shape index (κ1) is 23.2. The van der Waals surface area contributed by atoms with E-state index in [2.05, 4.69) is 20.3 Å². The molecule has 9 heteroatoms. The van der Waals surface area contributed by atoms with E-state index in [1.165, 1.54) is 0 Å². The first-order valence-corrected chi connectivity index (χ1v) is 11.6. The lowest BCUT2D eigenvalue weighted by Gasteiger charge is -2.13. The quantitative estimate of drug-likeness (QED) is 0.204. The van der Waals surface area contributed by atoms with Crippen molar-refractivity contribution >= 4 is 16.7 Å². The van der Waals surface area contributed by atoms with E-state index < -0.39 is 5.97 Å². The summed E-state index contributed by atoms with van der Waals surface area (Å²) in [5, 5.41) is 9.82. The predicted molar refractivity (Wildman–Crippen MR) is 130 cm³/mol. The number of benzene rings is 2. The molecule has 5 aromatic rings. The van der Waals surface area contributed by atoms with E-state index in [4.69, 9.17) is 18.5 Å². The molecule has 2 aromatic carbocycles. The van der Waals surface area contributed by atoms with Crippen LogP contribution >= 0.6 is 0 Å². The van der Waals surface area contributed by atoms with Crippen LogP contribution in [0.4, 0.5) is 0 Å². The third-order valence-electron chi connectivity index (χ3n) is 5.78. The number of esters is 1. The number of hydrogen-bond donors (Lipinski definition) is 0. The molecule has 182 valence electrons. The van der Waals surface area contributed by atoms with Gasteiger partial charge in [-0.3, -0.25) is 4.98 Å². The molecule has 0 aliphatic heterocycles. The number of fused-ring (bicyclic) bond motifs is 1. The molecule has 0 saturated carbocycles. The number of ether oxygens (including phenoxy) is 2. The average Bonchev–Trinajstić information content (AvgIpc) is 3.51. The summed E-state index contributed by atoms with van der Waals surface area (Å²) in [5.74, 6) is 1.61. The van der Waals surface area contributed by atoms with Crippen molar-refractivity contribution in [3.05, 3.63) is 89.4 Å². The number of hydrogen-bond acceptors (Lipinski definition) is 9. The number of carbonyl (C=O) groups is 1. The van der Waals surface area contributed by atoms with Crippen LogP contribution in [0.5, 0.6) is 5.75 Å². The normalized spacial score (nSPS) is 11.1. The summed E-state index contributed by atoms with van der Waals surface area (Å²) in [6, 6.07) is 15.1. The number of rotatable bonds is 9. The van der Waals surface area contributed by atoms with Gasteiger partial charge in [-0.05, 0) is 55.3 Å². The second kappa shape index (κ2) is 10.4. The first-order chi connectivity index (χ1) is 17.6. The van der Waals surface area contributed by atoms with Gasteiger partial charge in [-0.2, -0.15) is 4.98 Å². The van der Waals surface area contributed by atoms with E-state index in [0.29, 0.717) is 41.6 Å². The fourth-order valence-corrected chi connectivity index (χ4v) is 3.79. The van der Waals surface area contributed by atoms with Gasteiger partial charge in [0.15, 0.2) is 0 Å². The number of aryl methyl sites for hydroxylation is 3. The minimum Gasteiger partial charge on any atom is -0.488 e. The minimum atomic E-state index is -0.462. The summed E-state index contributed by atoms with van der Waals surface area (Å²) >= 11 is 0. The fraction of sp³-hybridized carbons (Fsp3) is 0.222. The Bertz CT molecular complexity index is 1470. The highest BCUT2D eigenvalue weighted by atomic mass is 16.5. The minimum absolute atomic E-state index is 0.194. The van der Waals surface area contributed by atoms with Crippen molar-refractivity contribution < 1.29 is 23.3 Å². The molecule has 0 unspecified atom stereocenters. The fourth-order valence-electron chi connectivity index (χ4n) is 3.79. The van der Waals surface area contributed by atoms with Crippen molar-refractivity contribution in [2.45, 2.75) is 33.3 Å². The second-order valence-corrected chi connectivity index (χ2v) is 8.28. The summed E-state index contributed by atoms with van der Waals surface area (Å²) in [6.45, 7) is 4.11. The Hall–Kier alpha value is -4.53. The SMILES string of the molecule is Cc1noc(C)c1COc1cc2ccccc2cc1C(=O)OCCCc1nc(-c2cccnc2)no1. The maximum absolute atomic E-state index is 13.0. The smallest absolute Gasteiger partial charge is 0.341 e. The van der Waals surface area contributed by atoms with E-state index in [1.54, 1.807) is 18.5 Å². The molecule has 3 aromatic heterocycles. The molecule has 3 heterocycles. The Balaban J connectivity index is 1.24. The zero-order valence-electron chi connectivity index (χ0n) is 19.9. The standard InChI is InChI=1S/C27H24N4O5/c1-17-23(18(2)35-30-17)16-34-24-14-20-8-4-3-7-19(20)13-22(24)27(32)33-12-6-10-25-29-26(31-36-25)21-9-5-11-28-15-21/h3-5,7-9,11,13-15H,6,10,12,16H2,1-2H3. The summed E-state index contributed by atoms with van der Waals surface area (Å²) in [4.78, 5) is 21.4. The molecule has 5 rings (SSSR count). The average molecular weight is 485 g/mol. The monoisotopic (exact) mass is 484 g/mol. The Morgan fingerprint density at radius 3 is 2.58 bits per heavy atom. The van der Waals surface area contributed by atoms with E-state index in [-0.39, 0.29) is 13.2 Å². The highest BCUT2D eigenvalue weighted by Crippen LogP contribution is 2.28. The van der Waals surface area contributed by atoms with Crippen molar-refractivity contribution in [1.82, 2.24) is 20.3 Å².